The van der Waals surface area contributed by atoms with Crippen LogP contribution in [-0.4, -0.2) is 31.0 Å². The summed E-state index contributed by atoms with van der Waals surface area (Å²) in [6.07, 6.45) is 3.22. The largest absolute Gasteiger partial charge is 0.374 e. The van der Waals surface area contributed by atoms with Gasteiger partial charge in [0.25, 0.3) is 0 Å². The van der Waals surface area contributed by atoms with Gasteiger partial charge >= 0.3 is 0 Å². The van der Waals surface area contributed by atoms with E-state index < -0.39 is 0 Å². The Bertz CT molecular complexity index is 423. The lowest BCUT2D eigenvalue weighted by molar-refractivity contribution is 0.449. The van der Waals surface area contributed by atoms with Crippen molar-refractivity contribution >= 4 is 16.5 Å². The van der Waals surface area contributed by atoms with Crippen molar-refractivity contribution in [3.05, 3.63) is 17.7 Å². The van der Waals surface area contributed by atoms with E-state index in [1.54, 1.807) is 11.0 Å². The molecule has 0 unspecified atom stereocenters. The lowest BCUT2D eigenvalue weighted by Gasteiger charge is -2.11. The minimum absolute atomic E-state index is 0.284. The first-order chi connectivity index (χ1) is 7.74. The summed E-state index contributed by atoms with van der Waals surface area (Å²) in [6.45, 7) is 3.52. The van der Waals surface area contributed by atoms with Gasteiger partial charge in [0, 0.05) is 6.04 Å². The molecule has 2 aromatic heterocycles. The van der Waals surface area contributed by atoms with E-state index in [2.05, 4.69) is 32.5 Å². The van der Waals surface area contributed by atoms with Gasteiger partial charge in [0.1, 0.15) is 17.7 Å². The Labute approximate surface area is 96.7 Å². The first-order valence-corrected chi connectivity index (χ1v) is 5.69. The van der Waals surface area contributed by atoms with Crippen LogP contribution in [0.25, 0.3) is 0 Å². The van der Waals surface area contributed by atoms with Crippen LogP contribution in [0.1, 0.15) is 11.9 Å². The molecule has 8 heteroatoms. The maximum absolute atomic E-state index is 5.49. The molecule has 0 aliphatic carbocycles. The van der Waals surface area contributed by atoms with Crippen LogP contribution in [0.2, 0.25) is 0 Å². The van der Waals surface area contributed by atoms with Crippen LogP contribution in [0, 0.1) is 0 Å². The van der Waals surface area contributed by atoms with Crippen LogP contribution < -0.4 is 11.1 Å². The van der Waals surface area contributed by atoms with Crippen LogP contribution in [0.5, 0.6) is 0 Å². The molecule has 0 saturated heterocycles. The van der Waals surface area contributed by atoms with E-state index in [1.807, 2.05) is 0 Å². The molecule has 0 spiro atoms. The summed E-state index contributed by atoms with van der Waals surface area (Å²) in [4.78, 5) is 3.88. The molecule has 86 valence electrons. The number of nitrogen functional groups attached to an aromatic ring is 1. The molecular formula is C8H13N7S. The van der Waals surface area contributed by atoms with E-state index in [0.29, 0.717) is 11.7 Å². The standard InChI is InChI=1S/C8H13N7S/c1-6(3-15-5-10-4-12-15)11-2-7-13-14-8(9)16-7/h4-6,11H,2-3H2,1H3,(H2,9,14)/t6-/m1/s1. The fourth-order valence-corrected chi connectivity index (χ4v) is 1.83. The Morgan fingerprint density at radius 2 is 2.44 bits per heavy atom. The zero-order valence-electron chi connectivity index (χ0n) is 8.87. The maximum Gasteiger partial charge on any atom is 0.203 e. The molecule has 0 bridgehead atoms. The Hall–Kier alpha value is -1.54. The molecule has 2 aromatic rings. The molecule has 2 rings (SSSR count). The number of hydrogen-bond acceptors (Lipinski definition) is 7. The molecule has 0 amide bonds. The topological polar surface area (TPSA) is 94.5 Å². The zero-order chi connectivity index (χ0) is 11.4. The average molecular weight is 239 g/mol. The van der Waals surface area contributed by atoms with Crippen molar-refractivity contribution in [2.24, 2.45) is 0 Å². The van der Waals surface area contributed by atoms with Crippen LogP contribution in [0.15, 0.2) is 12.7 Å². The minimum Gasteiger partial charge on any atom is -0.374 e. The highest BCUT2D eigenvalue weighted by Crippen LogP contribution is 2.10. The van der Waals surface area contributed by atoms with Crippen LogP contribution in [-0.2, 0) is 13.1 Å². The predicted molar refractivity (Wildman–Crippen MR) is 60.6 cm³/mol. The van der Waals surface area contributed by atoms with E-state index in [4.69, 9.17) is 5.73 Å². The Kier molecular flexibility index (Phi) is 3.42. The van der Waals surface area contributed by atoms with Crippen molar-refractivity contribution in [2.45, 2.75) is 26.1 Å². The fraction of sp³-hybridized carbons (Fsp3) is 0.500. The summed E-state index contributed by atoms with van der Waals surface area (Å²) in [6, 6.07) is 0.284. The smallest absolute Gasteiger partial charge is 0.203 e. The van der Waals surface area contributed by atoms with E-state index in [1.165, 1.54) is 17.7 Å². The third-order valence-electron chi connectivity index (χ3n) is 2.01. The summed E-state index contributed by atoms with van der Waals surface area (Å²) in [5.41, 5.74) is 5.49. The highest BCUT2D eigenvalue weighted by Gasteiger charge is 2.05. The van der Waals surface area contributed by atoms with Crippen molar-refractivity contribution in [2.75, 3.05) is 5.73 Å². The van der Waals surface area contributed by atoms with Gasteiger partial charge in [-0.15, -0.1) is 10.2 Å². The normalized spacial score (nSPS) is 12.8. The summed E-state index contributed by atoms with van der Waals surface area (Å²) >= 11 is 1.40. The quantitative estimate of drug-likeness (QED) is 0.756. The molecule has 0 aliphatic rings. The van der Waals surface area contributed by atoms with Gasteiger partial charge in [-0.25, -0.2) is 4.98 Å². The Morgan fingerprint density at radius 3 is 3.06 bits per heavy atom. The van der Waals surface area contributed by atoms with Crippen LogP contribution >= 0.6 is 11.3 Å². The summed E-state index contributed by atoms with van der Waals surface area (Å²) in [5, 5.41) is 16.4. The van der Waals surface area contributed by atoms with Gasteiger partial charge in [0.05, 0.1) is 13.1 Å². The molecule has 7 nitrogen and oxygen atoms in total. The van der Waals surface area contributed by atoms with Gasteiger partial charge in [-0.2, -0.15) is 5.10 Å². The molecule has 0 fully saturated rings. The van der Waals surface area contributed by atoms with E-state index >= 15 is 0 Å². The maximum atomic E-state index is 5.49. The van der Waals surface area contributed by atoms with Gasteiger partial charge in [0.15, 0.2) is 0 Å². The van der Waals surface area contributed by atoms with E-state index in [0.717, 1.165) is 11.6 Å². The molecular weight excluding hydrogens is 226 g/mol. The highest BCUT2D eigenvalue weighted by atomic mass is 32.1. The fourth-order valence-electron chi connectivity index (χ4n) is 1.27. The molecule has 2 heterocycles. The average Bonchev–Trinajstić information content (AvgIpc) is 2.87. The summed E-state index contributed by atoms with van der Waals surface area (Å²) < 4.78 is 1.78. The van der Waals surface area contributed by atoms with Gasteiger partial charge in [-0.3, -0.25) is 4.68 Å². The van der Waals surface area contributed by atoms with Crippen molar-refractivity contribution in [3.63, 3.8) is 0 Å². The lowest BCUT2D eigenvalue weighted by atomic mass is 10.3. The second-order valence-corrected chi connectivity index (χ2v) is 4.53. The Morgan fingerprint density at radius 1 is 1.56 bits per heavy atom. The van der Waals surface area contributed by atoms with E-state index in [9.17, 15) is 0 Å². The number of anilines is 1. The minimum atomic E-state index is 0.284. The van der Waals surface area contributed by atoms with Gasteiger partial charge in [-0.05, 0) is 6.92 Å². The Balaban J connectivity index is 1.77. The lowest BCUT2D eigenvalue weighted by Crippen LogP contribution is -2.30. The third kappa shape index (κ3) is 2.97. The predicted octanol–water partition coefficient (Wildman–Crippen LogP) is -0.110. The van der Waals surface area contributed by atoms with Crippen molar-refractivity contribution < 1.29 is 0 Å². The number of aromatic nitrogens is 5. The highest BCUT2D eigenvalue weighted by molar-refractivity contribution is 7.15. The molecule has 0 aliphatic heterocycles. The van der Waals surface area contributed by atoms with Crippen molar-refractivity contribution in [1.82, 2.24) is 30.3 Å². The number of hydrogen-bond donors (Lipinski definition) is 2. The molecule has 0 saturated carbocycles. The zero-order valence-corrected chi connectivity index (χ0v) is 9.68. The van der Waals surface area contributed by atoms with Gasteiger partial charge in [0.2, 0.25) is 5.13 Å². The monoisotopic (exact) mass is 239 g/mol. The van der Waals surface area contributed by atoms with E-state index in [-0.39, 0.29) is 6.04 Å². The molecule has 16 heavy (non-hydrogen) atoms. The SMILES string of the molecule is C[C@H](Cn1cncn1)NCc1nnc(N)s1. The number of nitrogens with two attached hydrogens (primary N) is 1. The third-order valence-corrected chi connectivity index (χ3v) is 2.76. The molecule has 1 atom stereocenters. The number of nitrogens with one attached hydrogen (secondary N) is 1. The molecule has 0 radical (unpaired) electrons. The number of nitrogens with zero attached hydrogens (tertiary/aromatic N) is 5. The second kappa shape index (κ2) is 4.99. The van der Waals surface area contributed by atoms with Gasteiger partial charge < -0.3 is 11.1 Å². The van der Waals surface area contributed by atoms with Crippen LogP contribution in [0.4, 0.5) is 5.13 Å². The van der Waals surface area contributed by atoms with Gasteiger partial charge in [-0.1, -0.05) is 11.3 Å². The van der Waals surface area contributed by atoms with Crippen LogP contribution in [0.3, 0.4) is 0 Å². The molecule has 0 aromatic carbocycles. The first-order valence-electron chi connectivity index (χ1n) is 4.87. The van der Waals surface area contributed by atoms with Crippen molar-refractivity contribution in [3.8, 4) is 0 Å². The summed E-state index contributed by atoms with van der Waals surface area (Å²) in [7, 11) is 0. The first kappa shape index (κ1) is 11.0. The second-order valence-electron chi connectivity index (χ2n) is 3.43. The van der Waals surface area contributed by atoms with Crippen molar-refractivity contribution in [1.29, 1.82) is 0 Å². The summed E-state index contributed by atoms with van der Waals surface area (Å²) in [5.74, 6) is 0. The molecule has 3 N–H and O–H groups in total. The number of rotatable bonds is 5.